The van der Waals surface area contributed by atoms with Crippen LogP contribution in [0.5, 0.6) is 0 Å². The van der Waals surface area contributed by atoms with Crippen LogP contribution in [0.15, 0.2) is 4.99 Å². The summed E-state index contributed by atoms with van der Waals surface area (Å²) >= 11 is 0. The third-order valence-corrected chi connectivity index (χ3v) is 5.01. The van der Waals surface area contributed by atoms with Gasteiger partial charge in [-0.05, 0) is 46.5 Å². The normalized spacial score (nSPS) is 28.6. The van der Waals surface area contributed by atoms with E-state index >= 15 is 0 Å². The number of nitrogens with zero attached hydrogens (tertiary/aromatic N) is 3. The third kappa shape index (κ3) is 6.05. The maximum Gasteiger partial charge on any atom is 0.191 e. The molecule has 136 valence electrons. The van der Waals surface area contributed by atoms with E-state index in [0.717, 1.165) is 38.6 Å². The second-order valence-electron chi connectivity index (χ2n) is 7.82. The van der Waals surface area contributed by atoms with Gasteiger partial charge in [0.15, 0.2) is 5.96 Å². The fraction of sp³-hybridized carbons (Fsp3) is 0.941. The minimum absolute atomic E-state index is 0. The number of piperidine rings is 1. The van der Waals surface area contributed by atoms with E-state index in [-0.39, 0.29) is 41.7 Å². The Morgan fingerprint density at radius 1 is 1.13 bits per heavy atom. The van der Waals surface area contributed by atoms with Crippen LogP contribution in [0.25, 0.3) is 0 Å². The summed E-state index contributed by atoms with van der Waals surface area (Å²) in [5.74, 6) is 1.53. The molecule has 0 radical (unpaired) electrons. The van der Waals surface area contributed by atoms with Crippen molar-refractivity contribution in [2.45, 2.75) is 65.2 Å². The van der Waals surface area contributed by atoms with Gasteiger partial charge in [-0.2, -0.15) is 0 Å². The first-order valence-electron chi connectivity index (χ1n) is 8.73. The lowest BCUT2D eigenvalue weighted by atomic mass is 9.99. The van der Waals surface area contributed by atoms with Crippen molar-refractivity contribution in [1.29, 1.82) is 0 Å². The van der Waals surface area contributed by atoms with Crippen molar-refractivity contribution >= 4 is 29.9 Å². The number of guanidine groups is 1. The zero-order valence-electron chi connectivity index (χ0n) is 15.4. The first-order chi connectivity index (χ1) is 10.3. The molecule has 0 aromatic carbocycles. The highest BCUT2D eigenvalue weighted by molar-refractivity contribution is 14.0. The molecule has 6 heteroatoms. The van der Waals surface area contributed by atoms with Crippen LogP contribution >= 0.6 is 24.0 Å². The zero-order valence-corrected chi connectivity index (χ0v) is 17.7. The second-order valence-corrected chi connectivity index (χ2v) is 7.82. The molecule has 2 saturated heterocycles. The summed E-state index contributed by atoms with van der Waals surface area (Å²) in [7, 11) is 0. The summed E-state index contributed by atoms with van der Waals surface area (Å²) in [6, 6.07) is 0. The summed E-state index contributed by atoms with van der Waals surface area (Å²) in [5, 5.41) is 0. The van der Waals surface area contributed by atoms with Crippen molar-refractivity contribution in [1.82, 2.24) is 9.80 Å². The van der Waals surface area contributed by atoms with Crippen LogP contribution < -0.4 is 5.73 Å². The molecule has 2 rings (SSSR count). The van der Waals surface area contributed by atoms with Gasteiger partial charge in [-0.3, -0.25) is 9.89 Å². The highest BCUT2D eigenvalue weighted by atomic mass is 127. The minimum atomic E-state index is 0. The van der Waals surface area contributed by atoms with Gasteiger partial charge in [0, 0.05) is 31.7 Å². The van der Waals surface area contributed by atoms with Crippen molar-refractivity contribution in [3.63, 3.8) is 0 Å². The van der Waals surface area contributed by atoms with Crippen LogP contribution in [0.1, 0.15) is 47.5 Å². The van der Waals surface area contributed by atoms with Gasteiger partial charge in [-0.25, -0.2) is 0 Å². The van der Waals surface area contributed by atoms with E-state index in [9.17, 15) is 0 Å². The van der Waals surface area contributed by atoms with E-state index in [4.69, 9.17) is 15.5 Å². The highest BCUT2D eigenvalue weighted by Gasteiger charge is 2.33. The first kappa shape index (κ1) is 21.0. The lowest BCUT2D eigenvalue weighted by Gasteiger charge is -2.44. The number of rotatable bonds is 3. The summed E-state index contributed by atoms with van der Waals surface area (Å²) < 4.78 is 5.83. The van der Waals surface area contributed by atoms with Gasteiger partial charge < -0.3 is 15.4 Å². The van der Waals surface area contributed by atoms with Gasteiger partial charge in [-0.1, -0.05) is 6.92 Å². The molecule has 0 bridgehead atoms. The second kappa shape index (κ2) is 8.85. The molecule has 0 aromatic heterocycles. The van der Waals surface area contributed by atoms with Gasteiger partial charge in [0.05, 0.1) is 18.8 Å². The van der Waals surface area contributed by atoms with Crippen molar-refractivity contribution in [2.75, 3.05) is 32.7 Å². The molecule has 0 amide bonds. The average molecular weight is 438 g/mol. The number of aliphatic imine (C=N–C) groups is 1. The highest BCUT2D eigenvalue weighted by Crippen LogP contribution is 2.22. The van der Waals surface area contributed by atoms with E-state index < -0.39 is 0 Å². The van der Waals surface area contributed by atoms with E-state index in [1.54, 1.807) is 0 Å². The lowest BCUT2D eigenvalue weighted by Crippen LogP contribution is -2.56. The van der Waals surface area contributed by atoms with Crippen LogP contribution in [0.3, 0.4) is 0 Å². The molecule has 2 unspecified atom stereocenters. The molecule has 2 N–H and O–H groups in total. The Balaban J connectivity index is 0.00000264. The molecule has 2 aliphatic heterocycles. The Hall–Kier alpha value is -0.0800. The molecule has 2 aliphatic rings. The van der Waals surface area contributed by atoms with Gasteiger partial charge in [0.25, 0.3) is 0 Å². The van der Waals surface area contributed by atoms with Gasteiger partial charge in [0.2, 0.25) is 0 Å². The Kier molecular flexibility index (Phi) is 8.07. The maximum atomic E-state index is 6.22. The van der Waals surface area contributed by atoms with Crippen LogP contribution in [-0.2, 0) is 4.74 Å². The molecule has 0 saturated carbocycles. The summed E-state index contributed by atoms with van der Waals surface area (Å²) in [6.07, 6.45) is 3.01. The first-order valence-corrected chi connectivity index (χ1v) is 8.73. The molecule has 23 heavy (non-hydrogen) atoms. The van der Waals surface area contributed by atoms with Gasteiger partial charge in [0.1, 0.15) is 0 Å². The SMILES string of the molecule is CC1CCN(C(N)=NCC(C)(C)N2CC(C)OC(C)C2)CC1.I. The summed E-state index contributed by atoms with van der Waals surface area (Å²) in [4.78, 5) is 9.43. The molecule has 2 heterocycles. The van der Waals surface area contributed by atoms with Crippen LogP contribution in [0, 0.1) is 5.92 Å². The van der Waals surface area contributed by atoms with Crippen LogP contribution in [0.2, 0.25) is 0 Å². The number of likely N-dealkylation sites (tertiary alicyclic amines) is 1. The number of ether oxygens (including phenoxy) is 1. The summed E-state index contributed by atoms with van der Waals surface area (Å²) in [6.45, 7) is 15.9. The number of hydrogen-bond donors (Lipinski definition) is 1. The molecule has 0 aliphatic carbocycles. The third-order valence-electron chi connectivity index (χ3n) is 5.01. The topological polar surface area (TPSA) is 54.1 Å². The molecular formula is C17H35IN4O. The monoisotopic (exact) mass is 438 g/mol. The van der Waals surface area contributed by atoms with E-state index in [2.05, 4.69) is 44.4 Å². The molecular weight excluding hydrogens is 403 g/mol. The molecule has 0 aromatic rings. The van der Waals surface area contributed by atoms with Crippen LogP contribution in [0.4, 0.5) is 0 Å². The van der Waals surface area contributed by atoms with Crippen molar-refractivity contribution < 1.29 is 4.74 Å². The van der Waals surface area contributed by atoms with E-state index in [1.807, 2.05) is 0 Å². The molecule has 2 atom stereocenters. The Morgan fingerprint density at radius 3 is 2.17 bits per heavy atom. The Labute approximate surface area is 159 Å². The predicted octanol–water partition coefficient (Wildman–Crippen LogP) is 2.54. The van der Waals surface area contributed by atoms with Gasteiger partial charge in [-0.15, -0.1) is 24.0 Å². The van der Waals surface area contributed by atoms with Gasteiger partial charge >= 0.3 is 0 Å². The standard InChI is InChI=1S/C17H34N4O.HI/c1-13-6-8-20(9-7-13)16(18)19-12-17(4,5)21-10-14(2)22-15(3)11-21;/h13-15H,6-12H2,1-5H3,(H2,18,19);1H. The number of nitrogens with two attached hydrogens (primary N) is 1. The quantitative estimate of drug-likeness (QED) is 0.418. The number of halogens is 1. The molecule has 2 fully saturated rings. The number of morpholine rings is 1. The maximum absolute atomic E-state index is 6.22. The average Bonchev–Trinajstić information content (AvgIpc) is 2.44. The lowest BCUT2D eigenvalue weighted by molar-refractivity contribution is -0.0939. The van der Waals surface area contributed by atoms with Crippen molar-refractivity contribution in [3.05, 3.63) is 0 Å². The summed E-state index contributed by atoms with van der Waals surface area (Å²) in [5.41, 5.74) is 6.23. The largest absolute Gasteiger partial charge is 0.373 e. The molecule has 5 nitrogen and oxygen atoms in total. The van der Waals surface area contributed by atoms with Crippen LogP contribution in [-0.4, -0.2) is 66.2 Å². The van der Waals surface area contributed by atoms with Crippen molar-refractivity contribution in [3.8, 4) is 0 Å². The zero-order chi connectivity index (χ0) is 16.3. The van der Waals surface area contributed by atoms with E-state index in [0.29, 0.717) is 5.96 Å². The number of hydrogen-bond acceptors (Lipinski definition) is 3. The smallest absolute Gasteiger partial charge is 0.191 e. The predicted molar refractivity (Wildman–Crippen MR) is 108 cm³/mol. The minimum Gasteiger partial charge on any atom is -0.373 e. The molecule has 0 spiro atoms. The Morgan fingerprint density at radius 2 is 1.65 bits per heavy atom. The Bertz CT molecular complexity index is 384. The van der Waals surface area contributed by atoms with Crippen molar-refractivity contribution in [2.24, 2.45) is 16.6 Å². The van der Waals surface area contributed by atoms with E-state index in [1.165, 1.54) is 12.8 Å². The fourth-order valence-electron chi connectivity index (χ4n) is 3.38. The fourth-order valence-corrected chi connectivity index (χ4v) is 3.38.